The fourth-order valence-electron chi connectivity index (χ4n) is 2.75. The Kier molecular flexibility index (Phi) is 3.94. The summed E-state index contributed by atoms with van der Waals surface area (Å²) < 4.78 is 5.67. The third-order valence-electron chi connectivity index (χ3n) is 3.68. The number of benzene rings is 1. The minimum atomic E-state index is -0.0818. The van der Waals surface area contributed by atoms with Gasteiger partial charge in [0.2, 0.25) is 0 Å². The van der Waals surface area contributed by atoms with Gasteiger partial charge in [0.05, 0.1) is 23.6 Å². The molecule has 2 heterocycles. The monoisotopic (exact) mass is 300 g/mol. The van der Waals surface area contributed by atoms with Gasteiger partial charge in [-0.3, -0.25) is 4.79 Å². The molecule has 1 amide bonds. The number of amides is 1. The van der Waals surface area contributed by atoms with Gasteiger partial charge in [-0.1, -0.05) is 18.2 Å². The third-order valence-corrected chi connectivity index (χ3v) is 3.68. The highest BCUT2D eigenvalue weighted by atomic mass is 16.5. The molecule has 0 unspecified atom stereocenters. The van der Waals surface area contributed by atoms with Gasteiger partial charge in [-0.15, -0.1) is 5.10 Å². The summed E-state index contributed by atoms with van der Waals surface area (Å²) in [5.74, 6) is -0.0818. The zero-order valence-electron chi connectivity index (χ0n) is 13.1. The first-order valence-electron chi connectivity index (χ1n) is 7.48. The quantitative estimate of drug-likeness (QED) is 0.849. The van der Waals surface area contributed by atoms with Crippen molar-refractivity contribution in [2.45, 2.75) is 33.0 Å². The summed E-state index contributed by atoms with van der Waals surface area (Å²) in [6.45, 7) is 6.93. The number of aryl methyl sites for hydroxylation is 1. The molecule has 1 aromatic heterocycles. The van der Waals surface area contributed by atoms with Crippen LogP contribution in [0.15, 0.2) is 30.3 Å². The summed E-state index contributed by atoms with van der Waals surface area (Å²) in [5.41, 5.74) is 1.89. The van der Waals surface area contributed by atoms with Crippen LogP contribution in [-0.4, -0.2) is 51.1 Å². The summed E-state index contributed by atoms with van der Waals surface area (Å²) in [5, 5.41) is 8.74. The molecule has 0 N–H and O–H groups in total. The van der Waals surface area contributed by atoms with Crippen molar-refractivity contribution in [3.63, 3.8) is 0 Å². The van der Waals surface area contributed by atoms with Gasteiger partial charge in [0.1, 0.15) is 0 Å². The number of nitrogens with zero attached hydrogens (tertiary/aromatic N) is 4. The summed E-state index contributed by atoms with van der Waals surface area (Å²) in [7, 11) is 0. The molecule has 0 bridgehead atoms. The Hall–Kier alpha value is -2.21. The maximum absolute atomic E-state index is 12.7. The first kappa shape index (κ1) is 14.7. The van der Waals surface area contributed by atoms with E-state index in [4.69, 9.17) is 4.74 Å². The van der Waals surface area contributed by atoms with Crippen LogP contribution < -0.4 is 0 Å². The number of ether oxygens (including phenoxy) is 1. The summed E-state index contributed by atoms with van der Waals surface area (Å²) >= 11 is 0. The molecular formula is C16H20N4O2. The maximum Gasteiger partial charge on any atom is 0.276 e. The van der Waals surface area contributed by atoms with Crippen molar-refractivity contribution in [1.82, 2.24) is 19.9 Å². The van der Waals surface area contributed by atoms with E-state index in [1.807, 2.05) is 51.1 Å². The van der Waals surface area contributed by atoms with Crippen molar-refractivity contribution in [3.8, 4) is 5.69 Å². The molecule has 1 aliphatic rings. The first-order chi connectivity index (χ1) is 10.5. The van der Waals surface area contributed by atoms with E-state index in [-0.39, 0.29) is 18.1 Å². The maximum atomic E-state index is 12.7. The van der Waals surface area contributed by atoms with Crippen LogP contribution in [-0.2, 0) is 4.74 Å². The van der Waals surface area contributed by atoms with Crippen LogP contribution in [0.25, 0.3) is 5.69 Å². The molecule has 0 aliphatic carbocycles. The topological polar surface area (TPSA) is 60.2 Å². The molecule has 0 radical (unpaired) electrons. The number of carbonyl (C=O) groups excluding carboxylic acids is 1. The Bertz CT molecular complexity index is 658. The predicted molar refractivity (Wildman–Crippen MR) is 82.0 cm³/mol. The number of para-hydroxylation sites is 1. The van der Waals surface area contributed by atoms with Gasteiger partial charge in [-0.25, -0.2) is 0 Å². The minimum absolute atomic E-state index is 0.0391. The SMILES string of the molecule is Cc1nn(-c2ccccc2)nc1C(=O)N1C[C@@H](C)O[C@H](C)C1. The van der Waals surface area contributed by atoms with Gasteiger partial charge in [-0.2, -0.15) is 9.90 Å². The van der Waals surface area contributed by atoms with Gasteiger partial charge < -0.3 is 9.64 Å². The van der Waals surface area contributed by atoms with Crippen molar-refractivity contribution in [1.29, 1.82) is 0 Å². The Morgan fingerprint density at radius 3 is 2.41 bits per heavy atom. The number of aromatic nitrogens is 3. The van der Waals surface area contributed by atoms with Gasteiger partial charge in [0.15, 0.2) is 5.69 Å². The molecule has 6 heteroatoms. The Labute approximate surface area is 129 Å². The molecular weight excluding hydrogens is 280 g/mol. The molecule has 2 aromatic rings. The van der Waals surface area contributed by atoms with Crippen molar-refractivity contribution < 1.29 is 9.53 Å². The van der Waals surface area contributed by atoms with Crippen LogP contribution >= 0.6 is 0 Å². The van der Waals surface area contributed by atoms with Crippen LogP contribution in [0.4, 0.5) is 0 Å². The minimum Gasteiger partial charge on any atom is -0.372 e. The van der Waals surface area contributed by atoms with E-state index in [0.717, 1.165) is 5.69 Å². The Balaban J connectivity index is 1.86. The lowest BCUT2D eigenvalue weighted by atomic mass is 10.2. The van der Waals surface area contributed by atoms with E-state index in [2.05, 4.69) is 10.2 Å². The zero-order valence-corrected chi connectivity index (χ0v) is 13.1. The smallest absolute Gasteiger partial charge is 0.276 e. The molecule has 6 nitrogen and oxygen atoms in total. The van der Waals surface area contributed by atoms with Crippen molar-refractivity contribution >= 4 is 5.91 Å². The van der Waals surface area contributed by atoms with Crippen LogP contribution in [0, 0.1) is 6.92 Å². The van der Waals surface area contributed by atoms with E-state index < -0.39 is 0 Å². The lowest BCUT2D eigenvalue weighted by molar-refractivity contribution is -0.0587. The normalized spacial score (nSPS) is 21.9. The standard InChI is InChI=1S/C16H20N4O2/c1-11-9-19(10-12(2)22-11)16(21)15-13(3)17-20(18-15)14-7-5-4-6-8-14/h4-8,11-12H,9-10H2,1-3H3/t11-,12-/m1/s1. The lowest BCUT2D eigenvalue weighted by Crippen LogP contribution is -2.48. The fourth-order valence-corrected chi connectivity index (χ4v) is 2.75. The van der Waals surface area contributed by atoms with Crippen LogP contribution in [0.2, 0.25) is 0 Å². The summed E-state index contributed by atoms with van der Waals surface area (Å²) in [6, 6.07) is 9.59. The van der Waals surface area contributed by atoms with E-state index in [1.54, 1.807) is 4.90 Å². The van der Waals surface area contributed by atoms with E-state index in [0.29, 0.717) is 24.5 Å². The van der Waals surface area contributed by atoms with Crippen molar-refractivity contribution in [2.24, 2.45) is 0 Å². The molecule has 1 aliphatic heterocycles. The van der Waals surface area contributed by atoms with E-state index in [1.165, 1.54) is 4.80 Å². The number of carbonyl (C=O) groups is 1. The molecule has 22 heavy (non-hydrogen) atoms. The molecule has 0 spiro atoms. The number of morpholine rings is 1. The first-order valence-corrected chi connectivity index (χ1v) is 7.48. The fraction of sp³-hybridized carbons (Fsp3) is 0.438. The highest BCUT2D eigenvalue weighted by molar-refractivity contribution is 5.93. The van der Waals surface area contributed by atoms with Gasteiger partial charge >= 0.3 is 0 Å². The zero-order chi connectivity index (χ0) is 15.7. The average Bonchev–Trinajstić information content (AvgIpc) is 2.88. The molecule has 3 rings (SSSR count). The van der Waals surface area contributed by atoms with Crippen LogP contribution in [0.3, 0.4) is 0 Å². The summed E-state index contributed by atoms with van der Waals surface area (Å²) in [4.78, 5) is 16.0. The molecule has 2 atom stereocenters. The number of hydrogen-bond donors (Lipinski definition) is 0. The highest BCUT2D eigenvalue weighted by Gasteiger charge is 2.29. The van der Waals surface area contributed by atoms with Crippen molar-refractivity contribution in [3.05, 3.63) is 41.7 Å². The molecule has 116 valence electrons. The largest absolute Gasteiger partial charge is 0.372 e. The molecule has 1 aromatic carbocycles. The third kappa shape index (κ3) is 2.87. The summed E-state index contributed by atoms with van der Waals surface area (Å²) in [6.07, 6.45) is 0.0781. The second-order valence-electron chi connectivity index (χ2n) is 5.73. The molecule has 1 fully saturated rings. The number of rotatable bonds is 2. The van der Waals surface area contributed by atoms with Crippen molar-refractivity contribution in [2.75, 3.05) is 13.1 Å². The van der Waals surface area contributed by atoms with E-state index >= 15 is 0 Å². The molecule has 1 saturated heterocycles. The van der Waals surface area contributed by atoms with Crippen LogP contribution in [0.5, 0.6) is 0 Å². The Morgan fingerprint density at radius 1 is 1.14 bits per heavy atom. The van der Waals surface area contributed by atoms with E-state index in [9.17, 15) is 4.79 Å². The van der Waals surface area contributed by atoms with Crippen LogP contribution in [0.1, 0.15) is 30.0 Å². The van der Waals surface area contributed by atoms with Gasteiger partial charge in [0, 0.05) is 13.1 Å². The number of hydrogen-bond acceptors (Lipinski definition) is 4. The Morgan fingerprint density at radius 2 is 1.77 bits per heavy atom. The van der Waals surface area contributed by atoms with Gasteiger partial charge in [0.25, 0.3) is 5.91 Å². The second-order valence-corrected chi connectivity index (χ2v) is 5.73. The molecule has 0 saturated carbocycles. The predicted octanol–water partition coefficient (Wildman–Crippen LogP) is 1.83. The average molecular weight is 300 g/mol. The highest BCUT2D eigenvalue weighted by Crippen LogP contribution is 2.15. The van der Waals surface area contributed by atoms with Gasteiger partial charge in [-0.05, 0) is 32.9 Å². The lowest BCUT2D eigenvalue weighted by Gasteiger charge is -2.34. The second kappa shape index (κ2) is 5.88.